The fraction of sp³-hybridized carbons (Fsp3) is 0. The van der Waals surface area contributed by atoms with Crippen LogP contribution in [0.15, 0.2) is 82.4 Å². The molecule has 0 spiro atoms. The van der Waals surface area contributed by atoms with Gasteiger partial charge in [-0.05, 0) is 47.5 Å². The van der Waals surface area contributed by atoms with E-state index in [1.165, 1.54) is 54.8 Å². The molecule has 33 heavy (non-hydrogen) atoms. The third-order valence-corrected chi connectivity index (χ3v) is 5.94. The Bertz CT molecular complexity index is 1400. The molecule has 0 aliphatic rings. The van der Waals surface area contributed by atoms with Gasteiger partial charge in [0, 0.05) is 22.7 Å². The largest absolute Gasteiger partial charge is 0.273 e. The highest BCUT2D eigenvalue weighted by atomic mass is 79.9. The summed E-state index contributed by atoms with van der Waals surface area (Å²) >= 11 is 4.49. The first-order valence-corrected chi connectivity index (χ1v) is 11.1. The number of hydrogen-bond acceptors (Lipinski definition) is 6. The highest BCUT2D eigenvalue weighted by molar-refractivity contribution is 9.10. The zero-order valence-electron chi connectivity index (χ0n) is 16.8. The molecule has 0 saturated carbocycles. The van der Waals surface area contributed by atoms with E-state index in [0.717, 1.165) is 26.4 Å². The average molecular weight is 525 g/mol. The maximum atomic E-state index is 13.6. The average Bonchev–Trinajstić information content (AvgIpc) is 3.22. The van der Waals surface area contributed by atoms with E-state index in [1.807, 2.05) is 24.3 Å². The summed E-state index contributed by atoms with van der Waals surface area (Å²) < 4.78 is 15.1. The first kappa shape index (κ1) is 22.4. The molecule has 0 fully saturated rings. The Labute approximate surface area is 199 Å². The highest BCUT2D eigenvalue weighted by Crippen LogP contribution is 2.30. The van der Waals surface area contributed by atoms with Crippen molar-refractivity contribution < 1.29 is 14.1 Å². The number of aromatic nitrogens is 1. The number of carbonyl (C=O) groups is 1. The van der Waals surface area contributed by atoms with Crippen molar-refractivity contribution in [2.24, 2.45) is 5.10 Å². The number of amides is 1. The van der Waals surface area contributed by atoms with Crippen molar-refractivity contribution >= 4 is 66.5 Å². The van der Waals surface area contributed by atoms with Gasteiger partial charge in [-0.3, -0.25) is 14.9 Å². The Hall–Kier alpha value is -3.76. The Balaban J connectivity index is 1.67. The second-order valence-corrected chi connectivity index (χ2v) is 8.66. The van der Waals surface area contributed by atoms with Crippen LogP contribution in [0.25, 0.3) is 16.3 Å². The molecule has 0 aliphatic carbocycles. The van der Waals surface area contributed by atoms with Gasteiger partial charge in [0.1, 0.15) is 5.82 Å². The van der Waals surface area contributed by atoms with E-state index < -0.39 is 16.6 Å². The van der Waals surface area contributed by atoms with Crippen molar-refractivity contribution in [3.8, 4) is 0 Å². The van der Waals surface area contributed by atoms with Crippen LogP contribution >= 0.6 is 27.3 Å². The molecular weight excluding hydrogens is 511 g/mol. The van der Waals surface area contributed by atoms with Crippen LogP contribution < -0.4 is 5.01 Å². The number of halogens is 2. The van der Waals surface area contributed by atoms with E-state index in [-0.39, 0.29) is 10.8 Å². The molecule has 0 N–H and O–H groups in total. The molecule has 7 nitrogen and oxygen atoms in total. The van der Waals surface area contributed by atoms with E-state index in [2.05, 4.69) is 26.0 Å². The van der Waals surface area contributed by atoms with E-state index in [9.17, 15) is 19.3 Å². The zero-order chi connectivity index (χ0) is 23.4. The summed E-state index contributed by atoms with van der Waals surface area (Å²) in [5.74, 6) is -0.922. The molecule has 0 atom stereocenters. The number of benzene rings is 3. The van der Waals surface area contributed by atoms with Gasteiger partial charge in [-0.1, -0.05) is 51.5 Å². The molecule has 1 aromatic heterocycles. The van der Waals surface area contributed by atoms with Crippen LogP contribution in [0.3, 0.4) is 0 Å². The molecule has 164 valence electrons. The van der Waals surface area contributed by atoms with Gasteiger partial charge < -0.3 is 0 Å². The predicted octanol–water partition coefficient (Wildman–Crippen LogP) is 6.19. The Morgan fingerprint density at radius 1 is 1.12 bits per heavy atom. The summed E-state index contributed by atoms with van der Waals surface area (Å²) in [6.07, 6.45) is 4.23. The van der Waals surface area contributed by atoms with Crippen molar-refractivity contribution in [1.29, 1.82) is 0 Å². The highest BCUT2D eigenvalue weighted by Gasteiger charge is 2.18. The second kappa shape index (κ2) is 9.80. The summed E-state index contributed by atoms with van der Waals surface area (Å²) in [5, 5.41) is 16.7. The van der Waals surface area contributed by atoms with Crippen LogP contribution in [0, 0.1) is 15.9 Å². The summed E-state index contributed by atoms with van der Waals surface area (Å²) in [6, 6.07) is 17.4. The van der Waals surface area contributed by atoms with Crippen molar-refractivity contribution in [3.63, 3.8) is 0 Å². The molecule has 0 aliphatic heterocycles. The number of nitro benzene ring substituents is 1. The molecular formula is C23H14BrFN4O3S. The first-order valence-electron chi connectivity index (χ1n) is 9.51. The van der Waals surface area contributed by atoms with Crippen LogP contribution in [0.4, 0.5) is 15.2 Å². The third kappa shape index (κ3) is 5.54. The molecule has 1 amide bonds. The molecule has 4 rings (SSSR count). The minimum atomic E-state index is -0.519. The van der Waals surface area contributed by atoms with E-state index >= 15 is 0 Å². The molecule has 4 aromatic rings. The fourth-order valence-electron chi connectivity index (χ4n) is 2.83. The molecule has 0 bridgehead atoms. The van der Waals surface area contributed by atoms with Crippen LogP contribution in [0.1, 0.15) is 11.1 Å². The lowest BCUT2D eigenvalue weighted by Crippen LogP contribution is -2.23. The van der Waals surface area contributed by atoms with Gasteiger partial charge in [0.15, 0.2) is 0 Å². The number of anilines is 1. The molecule has 0 radical (unpaired) electrons. The van der Waals surface area contributed by atoms with Gasteiger partial charge in [0.05, 0.1) is 21.4 Å². The van der Waals surface area contributed by atoms with Gasteiger partial charge in [0.2, 0.25) is 5.13 Å². The lowest BCUT2D eigenvalue weighted by molar-refractivity contribution is -0.384. The minimum Gasteiger partial charge on any atom is -0.267 e. The Morgan fingerprint density at radius 3 is 2.67 bits per heavy atom. The molecule has 10 heteroatoms. The van der Waals surface area contributed by atoms with Gasteiger partial charge in [-0.15, -0.1) is 0 Å². The van der Waals surface area contributed by atoms with Crippen LogP contribution in [-0.4, -0.2) is 22.0 Å². The maximum absolute atomic E-state index is 13.6. The van der Waals surface area contributed by atoms with Gasteiger partial charge in [-0.2, -0.15) is 10.1 Å². The molecule has 3 aromatic carbocycles. The van der Waals surface area contributed by atoms with Crippen LogP contribution in [-0.2, 0) is 4.79 Å². The van der Waals surface area contributed by atoms with E-state index in [0.29, 0.717) is 15.8 Å². The SMILES string of the molecule is O=C(/C=C/c1cccc([N+](=O)[O-])c1)N(/N=C/c1ccc(Br)cc1)c1nc2ccc(F)cc2s1. The summed E-state index contributed by atoms with van der Waals surface area (Å²) in [7, 11) is 0. The number of thiazole rings is 1. The number of nitro groups is 1. The van der Waals surface area contributed by atoms with Crippen molar-refractivity contribution in [3.05, 3.63) is 104 Å². The summed E-state index contributed by atoms with van der Waals surface area (Å²) in [5.41, 5.74) is 1.70. The van der Waals surface area contributed by atoms with Crippen molar-refractivity contribution in [1.82, 2.24) is 4.98 Å². The maximum Gasteiger partial charge on any atom is 0.273 e. The van der Waals surface area contributed by atoms with Gasteiger partial charge in [0.25, 0.3) is 11.6 Å². The van der Waals surface area contributed by atoms with E-state index in [4.69, 9.17) is 0 Å². The fourth-order valence-corrected chi connectivity index (χ4v) is 4.05. The number of carbonyl (C=O) groups excluding carboxylic acids is 1. The van der Waals surface area contributed by atoms with Gasteiger partial charge >= 0.3 is 0 Å². The van der Waals surface area contributed by atoms with Gasteiger partial charge in [-0.25, -0.2) is 9.37 Å². The Kier molecular flexibility index (Phi) is 6.66. The topological polar surface area (TPSA) is 88.7 Å². The lowest BCUT2D eigenvalue weighted by Gasteiger charge is -2.11. The summed E-state index contributed by atoms with van der Waals surface area (Å²) in [6.45, 7) is 0. The molecule has 0 saturated heterocycles. The lowest BCUT2D eigenvalue weighted by atomic mass is 10.2. The Morgan fingerprint density at radius 2 is 1.91 bits per heavy atom. The number of hydrogen-bond donors (Lipinski definition) is 0. The predicted molar refractivity (Wildman–Crippen MR) is 131 cm³/mol. The van der Waals surface area contributed by atoms with E-state index in [1.54, 1.807) is 6.07 Å². The monoisotopic (exact) mass is 524 g/mol. The first-order chi connectivity index (χ1) is 15.9. The van der Waals surface area contributed by atoms with Crippen LogP contribution in [0.5, 0.6) is 0 Å². The van der Waals surface area contributed by atoms with Crippen molar-refractivity contribution in [2.45, 2.75) is 0 Å². The third-order valence-electron chi connectivity index (χ3n) is 4.42. The summed E-state index contributed by atoms with van der Waals surface area (Å²) in [4.78, 5) is 27.9. The van der Waals surface area contributed by atoms with Crippen LogP contribution in [0.2, 0.25) is 0 Å². The number of rotatable bonds is 6. The molecule has 1 heterocycles. The minimum absolute atomic E-state index is 0.0806. The number of hydrazone groups is 1. The molecule has 0 unspecified atom stereocenters. The number of fused-ring (bicyclic) bond motifs is 1. The standard InChI is InChI=1S/C23H14BrFN4O3S/c24-17-7-4-16(5-8-17)14-26-28(23-27-20-10-9-18(25)13-21(20)33-23)22(30)11-6-15-2-1-3-19(12-15)29(31)32/h1-14H/b11-6+,26-14+. The van der Waals surface area contributed by atoms with Crippen molar-refractivity contribution in [2.75, 3.05) is 5.01 Å². The quantitative estimate of drug-likeness (QED) is 0.130. The zero-order valence-corrected chi connectivity index (χ0v) is 19.2. The smallest absolute Gasteiger partial charge is 0.267 e. The second-order valence-electron chi connectivity index (χ2n) is 6.74. The number of nitrogens with zero attached hydrogens (tertiary/aromatic N) is 4. The normalized spacial score (nSPS) is 11.5. The number of non-ortho nitro benzene ring substituents is 1.